The summed E-state index contributed by atoms with van der Waals surface area (Å²) in [7, 11) is 0. The SMILES string of the molecule is CCc1cc(C(O)C2CCCCC2)n(CC)n1. The second kappa shape index (κ2) is 5.67. The topological polar surface area (TPSA) is 38.0 Å². The lowest BCUT2D eigenvalue weighted by Gasteiger charge is -2.26. The second-order valence-electron chi connectivity index (χ2n) is 5.07. The maximum atomic E-state index is 10.5. The fourth-order valence-electron chi connectivity index (χ4n) is 2.84. The Kier molecular flexibility index (Phi) is 4.21. The van der Waals surface area contributed by atoms with Crippen molar-refractivity contribution in [3.63, 3.8) is 0 Å². The Balaban J connectivity index is 2.16. The first-order chi connectivity index (χ1) is 8.26. The van der Waals surface area contributed by atoms with Crippen LogP contribution in [-0.4, -0.2) is 14.9 Å². The summed E-state index contributed by atoms with van der Waals surface area (Å²) in [5, 5.41) is 15.0. The third-order valence-corrected chi connectivity index (χ3v) is 3.92. The van der Waals surface area contributed by atoms with E-state index >= 15 is 0 Å². The zero-order valence-electron chi connectivity index (χ0n) is 11.0. The van der Waals surface area contributed by atoms with Crippen molar-refractivity contribution in [2.24, 2.45) is 5.92 Å². The van der Waals surface area contributed by atoms with Crippen LogP contribution in [0.25, 0.3) is 0 Å². The maximum absolute atomic E-state index is 10.5. The molecule has 1 heterocycles. The van der Waals surface area contributed by atoms with Crippen molar-refractivity contribution in [2.45, 2.75) is 65.0 Å². The number of nitrogens with zero attached hydrogens (tertiary/aromatic N) is 2. The van der Waals surface area contributed by atoms with Gasteiger partial charge in [-0.3, -0.25) is 4.68 Å². The molecule has 96 valence electrons. The van der Waals surface area contributed by atoms with E-state index in [2.05, 4.69) is 25.0 Å². The van der Waals surface area contributed by atoms with Crippen LogP contribution >= 0.6 is 0 Å². The van der Waals surface area contributed by atoms with Crippen LogP contribution in [0.3, 0.4) is 0 Å². The summed E-state index contributed by atoms with van der Waals surface area (Å²) in [4.78, 5) is 0. The van der Waals surface area contributed by atoms with Gasteiger partial charge in [0.05, 0.1) is 17.5 Å². The van der Waals surface area contributed by atoms with Gasteiger partial charge in [0.25, 0.3) is 0 Å². The molecule has 1 aliphatic rings. The van der Waals surface area contributed by atoms with E-state index in [1.165, 1.54) is 19.3 Å². The van der Waals surface area contributed by atoms with Crippen molar-refractivity contribution in [2.75, 3.05) is 0 Å². The van der Waals surface area contributed by atoms with Gasteiger partial charge in [0.1, 0.15) is 0 Å². The van der Waals surface area contributed by atoms with Gasteiger partial charge in [-0.2, -0.15) is 5.10 Å². The highest BCUT2D eigenvalue weighted by Crippen LogP contribution is 2.34. The largest absolute Gasteiger partial charge is 0.387 e. The van der Waals surface area contributed by atoms with Crippen LogP contribution < -0.4 is 0 Å². The van der Waals surface area contributed by atoms with Gasteiger partial charge in [-0.25, -0.2) is 0 Å². The zero-order chi connectivity index (χ0) is 12.3. The van der Waals surface area contributed by atoms with E-state index in [0.717, 1.165) is 37.2 Å². The first-order valence-corrected chi connectivity index (χ1v) is 7.01. The van der Waals surface area contributed by atoms with Crippen LogP contribution in [0.1, 0.15) is 63.4 Å². The highest BCUT2D eigenvalue weighted by atomic mass is 16.3. The molecule has 17 heavy (non-hydrogen) atoms. The molecule has 0 spiro atoms. The molecule has 0 aromatic carbocycles. The number of rotatable bonds is 4. The summed E-state index contributed by atoms with van der Waals surface area (Å²) < 4.78 is 1.97. The summed E-state index contributed by atoms with van der Waals surface area (Å²) >= 11 is 0. The van der Waals surface area contributed by atoms with Crippen molar-refractivity contribution in [1.29, 1.82) is 0 Å². The summed E-state index contributed by atoms with van der Waals surface area (Å²) in [5.74, 6) is 0.440. The van der Waals surface area contributed by atoms with Crippen molar-refractivity contribution >= 4 is 0 Å². The van der Waals surface area contributed by atoms with Gasteiger partial charge in [0, 0.05) is 6.54 Å². The molecule has 1 aromatic rings. The Labute approximate surface area is 104 Å². The van der Waals surface area contributed by atoms with Crippen molar-refractivity contribution < 1.29 is 5.11 Å². The molecule has 1 N–H and O–H groups in total. The molecule has 3 heteroatoms. The van der Waals surface area contributed by atoms with Crippen LogP contribution in [0.2, 0.25) is 0 Å². The van der Waals surface area contributed by atoms with Gasteiger partial charge >= 0.3 is 0 Å². The van der Waals surface area contributed by atoms with Gasteiger partial charge < -0.3 is 5.11 Å². The smallest absolute Gasteiger partial charge is 0.0984 e. The number of aromatic nitrogens is 2. The van der Waals surface area contributed by atoms with Gasteiger partial charge in [-0.15, -0.1) is 0 Å². The van der Waals surface area contributed by atoms with Crippen molar-refractivity contribution in [3.05, 3.63) is 17.5 Å². The lowest BCUT2D eigenvalue weighted by Crippen LogP contribution is -2.19. The van der Waals surface area contributed by atoms with E-state index in [1.54, 1.807) is 0 Å². The Morgan fingerprint density at radius 3 is 2.65 bits per heavy atom. The Bertz CT molecular complexity index is 353. The van der Waals surface area contributed by atoms with Gasteiger partial charge in [-0.1, -0.05) is 26.2 Å². The zero-order valence-corrected chi connectivity index (χ0v) is 11.0. The normalized spacial score (nSPS) is 19.5. The van der Waals surface area contributed by atoms with E-state index in [0.29, 0.717) is 5.92 Å². The third-order valence-electron chi connectivity index (χ3n) is 3.92. The quantitative estimate of drug-likeness (QED) is 0.872. The molecule has 0 bridgehead atoms. The lowest BCUT2D eigenvalue weighted by molar-refractivity contribution is 0.0769. The first kappa shape index (κ1) is 12.6. The third kappa shape index (κ3) is 2.71. The number of aliphatic hydroxyl groups is 1. The maximum Gasteiger partial charge on any atom is 0.0984 e. The molecule has 1 unspecified atom stereocenters. The molecule has 1 saturated carbocycles. The minimum Gasteiger partial charge on any atom is -0.387 e. The summed E-state index contributed by atoms with van der Waals surface area (Å²) in [6.45, 7) is 5.04. The van der Waals surface area contributed by atoms with Crippen LogP contribution in [0.15, 0.2) is 6.07 Å². The molecule has 1 fully saturated rings. The molecule has 0 radical (unpaired) electrons. The Morgan fingerprint density at radius 1 is 1.35 bits per heavy atom. The Hall–Kier alpha value is -0.830. The number of aliphatic hydroxyl groups excluding tert-OH is 1. The van der Waals surface area contributed by atoms with Crippen LogP contribution in [0.5, 0.6) is 0 Å². The molecule has 1 atom stereocenters. The minimum atomic E-state index is -0.317. The van der Waals surface area contributed by atoms with Crippen LogP contribution in [0, 0.1) is 5.92 Å². The van der Waals surface area contributed by atoms with E-state index in [1.807, 2.05) is 4.68 Å². The lowest BCUT2D eigenvalue weighted by atomic mass is 9.84. The highest BCUT2D eigenvalue weighted by molar-refractivity contribution is 5.14. The summed E-state index contributed by atoms with van der Waals surface area (Å²) in [5.41, 5.74) is 2.12. The molecule has 0 aliphatic heterocycles. The van der Waals surface area contributed by atoms with Crippen molar-refractivity contribution in [1.82, 2.24) is 9.78 Å². The van der Waals surface area contributed by atoms with Gasteiger partial charge in [0.15, 0.2) is 0 Å². The monoisotopic (exact) mass is 236 g/mol. The van der Waals surface area contributed by atoms with E-state index in [-0.39, 0.29) is 6.10 Å². The molecule has 3 nitrogen and oxygen atoms in total. The predicted octanol–water partition coefficient (Wildman–Crippen LogP) is 3.08. The fraction of sp³-hybridized carbons (Fsp3) is 0.786. The molecule has 2 rings (SSSR count). The molecule has 1 aliphatic carbocycles. The summed E-state index contributed by atoms with van der Waals surface area (Å²) in [6, 6.07) is 2.09. The number of aryl methyl sites for hydroxylation is 2. The van der Waals surface area contributed by atoms with E-state index in [9.17, 15) is 5.11 Å². The predicted molar refractivity (Wildman–Crippen MR) is 68.8 cm³/mol. The minimum absolute atomic E-state index is 0.317. The standard InChI is InChI=1S/C14H24N2O/c1-3-12-10-13(16(4-2)15-12)14(17)11-8-6-5-7-9-11/h10-11,14,17H,3-9H2,1-2H3. The highest BCUT2D eigenvalue weighted by Gasteiger charge is 2.25. The molecular formula is C14H24N2O. The van der Waals surface area contributed by atoms with Gasteiger partial charge in [-0.05, 0) is 38.2 Å². The first-order valence-electron chi connectivity index (χ1n) is 7.01. The molecular weight excluding hydrogens is 212 g/mol. The van der Waals surface area contributed by atoms with Crippen molar-refractivity contribution in [3.8, 4) is 0 Å². The second-order valence-corrected chi connectivity index (χ2v) is 5.07. The average molecular weight is 236 g/mol. The molecule has 0 amide bonds. The van der Waals surface area contributed by atoms with E-state index in [4.69, 9.17) is 0 Å². The van der Waals surface area contributed by atoms with Crippen LogP contribution in [-0.2, 0) is 13.0 Å². The number of hydrogen-bond donors (Lipinski definition) is 1. The summed E-state index contributed by atoms with van der Waals surface area (Å²) in [6.07, 6.45) is 6.82. The number of hydrogen-bond acceptors (Lipinski definition) is 2. The fourth-order valence-corrected chi connectivity index (χ4v) is 2.84. The van der Waals surface area contributed by atoms with E-state index < -0.39 is 0 Å². The molecule has 1 aromatic heterocycles. The molecule has 0 saturated heterocycles. The van der Waals surface area contributed by atoms with Crippen LogP contribution in [0.4, 0.5) is 0 Å². The average Bonchev–Trinajstić information content (AvgIpc) is 2.82. The Morgan fingerprint density at radius 2 is 2.06 bits per heavy atom. The van der Waals surface area contributed by atoms with Gasteiger partial charge in [0.2, 0.25) is 0 Å².